The van der Waals surface area contributed by atoms with Crippen LogP contribution >= 0.6 is 23.4 Å². The monoisotopic (exact) mass is 387 g/mol. The number of hydrogen-bond donors (Lipinski definition) is 1. The molecule has 0 radical (unpaired) electrons. The normalized spacial score (nSPS) is 10.6. The number of ether oxygens (including phenoxy) is 1. The summed E-state index contributed by atoms with van der Waals surface area (Å²) in [6.07, 6.45) is 3.60. The Morgan fingerprint density at radius 3 is 2.85 bits per heavy atom. The fourth-order valence-corrected chi connectivity index (χ4v) is 3.33. The van der Waals surface area contributed by atoms with Crippen molar-refractivity contribution >= 4 is 35.0 Å². The Bertz CT molecular complexity index is 927. The molecule has 0 aliphatic heterocycles. The fourth-order valence-electron chi connectivity index (χ4n) is 2.29. The van der Waals surface area contributed by atoms with E-state index in [1.54, 1.807) is 18.3 Å². The van der Waals surface area contributed by atoms with E-state index in [1.807, 2.05) is 55.1 Å². The van der Waals surface area contributed by atoms with Crippen molar-refractivity contribution in [2.24, 2.45) is 7.05 Å². The fraction of sp³-hybridized carbons (Fsp3) is 0.158. The number of anilines is 1. The minimum absolute atomic E-state index is 0.0795. The largest absolute Gasteiger partial charge is 0.483 e. The van der Waals surface area contributed by atoms with Crippen molar-refractivity contribution in [3.63, 3.8) is 0 Å². The van der Waals surface area contributed by atoms with E-state index < -0.39 is 0 Å². The van der Waals surface area contributed by atoms with Crippen LogP contribution in [0.3, 0.4) is 0 Å². The number of carbonyl (C=O) groups excluding carboxylic acids is 1. The molecule has 3 aromatic rings. The first-order chi connectivity index (χ1) is 12.5. The molecule has 0 saturated heterocycles. The maximum absolute atomic E-state index is 12.3. The van der Waals surface area contributed by atoms with Gasteiger partial charge in [-0.3, -0.25) is 4.79 Å². The molecule has 1 amide bonds. The topological polar surface area (TPSA) is 56.1 Å². The van der Waals surface area contributed by atoms with Crippen LogP contribution in [-0.2, 0) is 11.8 Å². The SMILES string of the molecule is Cc1ccccc1OCC(=O)Nc1cc(Cl)ccc1Sc1nccn1C. The van der Waals surface area contributed by atoms with Crippen LogP contribution in [0.25, 0.3) is 0 Å². The van der Waals surface area contributed by atoms with Gasteiger partial charge in [0, 0.05) is 29.4 Å². The minimum atomic E-state index is -0.253. The van der Waals surface area contributed by atoms with Crippen molar-refractivity contribution in [2.75, 3.05) is 11.9 Å². The number of aromatic nitrogens is 2. The molecular weight excluding hydrogens is 370 g/mol. The number of halogens is 1. The average molecular weight is 388 g/mol. The molecular formula is C19H18ClN3O2S. The summed E-state index contributed by atoms with van der Waals surface area (Å²) in [5, 5.41) is 4.23. The quantitative estimate of drug-likeness (QED) is 0.674. The molecule has 1 aromatic heterocycles. The number of carbonyl (C=O) groups is 1. The first-order valence-corrected chi connectivity index (χ1v) is 9.15. The third-order valence-electron chi connectivity index (χ3n) is 3.65. The van der Waals surface area contributed by atoms with Gasteiger partial charge in [-0.25, -0.2) is 4.98 Å². The summed E-state index contributed by atoms with van der Waals surface area (Å²) in [5.41, 5.74) is 1.61. The van der Waals surface area contributed by atoms with Crippen molar-refractivity contribution in [3.05, 3.63) is 65.4 Å². The molecule has 134 valence electrons. The lowest BCUT2D eigenvalue weighted by Crippen LogP contribution is -2.20. The standard InChI is InChI=1S/C19H18ClN3O2S/c1-13-5-3-4-6-16(13)25-12-18(24)22-15-11-14(20)7-8-17(15)26-19-21-9-10-23(19)2/h3-11H,12H2,1-2H3,(H,22,24). The summed E-state index contributed by atoms with van der Waals surface area (Å²) < 4.78 is 7.51. The van der Waals surface area contributed by atoms with E-state index in [2.05, 4.69) is 10.3 Å². The van der Waals surface area contributed by atoms with Gasteiger partial charge in [0.05, 0.1) is 5.69 Å². The predicted molar refractivity (Wildman–Crippen MR) is 104 cm³/mol. The Labute approximate surface area is 161 Å². The zero-order valence-corrected chi connectivity index (χ0v) is 16.0. The van der Waals surface area contributed by atoms with E-state index in [9.17, 15) is 4.79 Å². The summed E-state index contributed by atoms with van der Waals surface area (Å²) in [6, 6.07) is 12.9. The van der Waals surface area contributed by atoms with Crippen LogP contribution in [0.4, 0.5) is 5.69 Å². The first-order valence-electron chi connectivity index (χ1n) is 7.96. The van der Waals surface area contributed by atoms with Crippen LogP contribution in [0.2, 0.25) is 5.02 Å². The summed E-state index contributed by atoms with van der Waals surface area (Å²) in [4.78, 5) is 17.5. The highest BCUT2D eigenvalue weighted by molar-refractivity contribution is 7.99. The molecule has 7 heteroatoms. The van der Waals surface area contributed by atoms with Gasteiger partial charge in [0.2, 0.25) is 0 Å². The third kappa shape index (κ3) is 4.59. The number of aryl methyl sites for hydroxylation is 2. The van der Waals surface area contributed by atoms with E-state index in [0.29, 0.717) is 16.5 Å². The molecule has 0 saturated carbocycles. The lowest BCUT2D eigenvalue weighted by atomic mass is 10.2. The number of hydrogen-bond acceptors (Lipinski definition) is 4. The molecule has 0 aliphatic carbocycles. The maximum atomic E-state index is 12.3. The van der Waals surface area contributed by atoms with Crippen molar-refractivity contribution in [1.82, 2.24) is 9.55 Å². The van der Waals surface area contributed by atoms with Gasteiger partial charge >= 0.3 is 0 Å². The summed E-state index contributed by atoms with van der Waals surface area (Å²) >= 11 is 7.55. The van der Waals surface area contributed by atoms with E-state index in [1.165, 1.54) is 11.8 Å². The predicted octanol–water partition coefficient (Wildman–Crippen LogP) is 4.55. The molecule has 3 rings (SSSR count). The zero-order valence-electron chi connectivity index (χ0n) is 14.4. The molecule has 0 spiro atoms. The van der Waals surface area contributed by atoms with Crippen LogP contribution in [0.15, 0.2) is 64.9 Å². The van der Waals surface area contributed by atoms with E-state index in [-0.39, 0.29) is 12.5 Å². The highest BCUT2D eigenvalue weighted by atomic mass is 35.5. The van der Waals surface area contributed by atoms with Crippen LogP contribution in [0.5, 0.6) is 5.75 Å². The van der Waals surface area contributed by atoms with E-state index in [0.717, 1.165) is 15.6 Å². The Kier molecular flexibility index (Phi) is 5.85. The Morgan fingerprint density at radius 1 is 1.31 bits per heavy atom. The van der Waals surface area contributed by atoms with Gasteiger partial charge in [-0.15, -0.1) is 0 Å². The smallest absolute Gasteiger partial charge is 0.262 e. The molecule has 0 atom stereocenters. The van der Waals surface area contributed by atoms with Crippen molar-refractivity contribution in [2.45, 2.75) is 17.0 Å². The van der Waals surface area contributed by atoms with Crippen LogP contribution < -0.4 is 10.1 Å². The number of nitrogens with zero attached hydrogens (tertiary/aromatic N) is 2. The molecule has 0 unspecified atom stereocenters. The molecule has 5 nitrogen and oxygen atoms in total. The molecule has 26 heavy (non-hydrogen) atoms. The number of nitrogens with one attached hydrogen (secondary N) is 1. The molecule has 0 aliphatic rings. The molecule has 1 N–H and O–H groups in total. The first kappa shape index (κ1) is 18.4. The maximum Gasteiger partial charge on any atom is 0.262 e. The van der Waals surface area contributed by atoms with Gasteiger partial charge in [0.15, 0.2) is 11.8 Å². The number of imidazole rings is 1. The van der Waals surface area contributed by atoms with Gasteiger partial charge in [0.25, 0.3) is 5.91 Å². The average Bonchev–Trinajstić information content (AvgIpc) is 3.01. The number of benzene rings is 2. The van der Waals surface area contributed by atoms with E-state index in [4.69, 9.17) is 16.3 Å². The van der Waals surface area contributed by atoms with Crippen molar-refractivity contribution < 1.29 is 9.53 Å². The zero-order chi connectivity index (χ0) is 18.5. The van der Waals surface area contributed by atoms with Gasteiger partial charge in [0.1, 0.15) is 5.75 Å². The van der Waals surface area contributed by atoms with Crippen LogP contribution in [-0.4, -0.2) is 22.1 Å². The van der Waals surface area contributed by atoms with E-state index >= 15 is 0 Å². The Morgan fingerprint density at radius 2 is 2.12 bits per heavy atom. The van der Waals surface area contributed by atoms with Gasteiger partial charge in [-0.05, 0) is 48.5 Å². The Hall–Kier alpha value is -2.44. The van der Waals surface area contributed by atoms with Crippen molar-refractivity contribution in [1.29, 1.82) is 0 Å². The second-order valence-corrected chi connectivity index (χ2v) is 7.11. The van der Waals surface area contributed by atoms with Gasteiger partial charge < -0.3 is 14.6 Å². The highest BCUT2D eigenvalue weighted by Gasteiger charge is 2.12. The van der Waals surface area contributed by atoms with Crippen molar-refractivity contribution in [3.8, 4) is 5.75 Å². The lowest BCUT2D eigenvalue weighted by molar-refractivity contribution is -0.118. The second kappa shape index (κ2) is 8.29. The van der Waals surface area contributed by atoms with Crippen LogP contribution in [0, 0.1) is 6.92 Å². The van der Waals surface area contributed by atoms with Gasteiger partial charge in [-0.2, -0.15) is 0 Å². The Balaban J connectivity index is 1.70. The summed E-state index contributed by atoms with van der Waals surface area (Å²) in [7, 11) is 1.92. The van der Waals surface area contributed by atoms with Crippen LogP contribution in [0.1, 0.15) is 5.56 Å². The third-order valence-corrected chi connectivity index (χ3v) is 5.03. The number of amides is 1. The molecule has 0 bridgehead atoms. The number of para-hydroxylation sites is 1. The molecule has 2 aromatic carbocycles. The molecule has 0 fully saturated rings. The lowest BCUT2D eigenvalue weighted by Gasteiger charge is -2.12. The minimum Gasteiger partial charge on any atom is -0.483 e. The van der Waals surface area contributed by atoms with Gasteiger partial charge in [-0.1, -0.05) is 29.8 Å². The summed E-state index contributed by atoms with van der Waals surface area (Å²) in [6.45, 7) is 1.86. The number of rotatable bonds is 6. The second-order valence-electron chi connectivity index (χ2n) is 5.67. The highest BCUT2D eigenvalue weighted by Crippen LogP contribution is 2.34. The summed E-state index contributed by atoms with van der Waals surface area (Å²) in [5.74, 6) is 0.438. The molecule has 1 heterocycles.